The molecule has 1 atom stereocenters. The number of aromatic hydroxyl groups is 2. The van der Waals surface area contributed by atoms with Crippen LogP contribution in [0.2, 0.25) is 0 Å². The minimum absolute atomic E-state index is 0.0612. The first-order valence-corrected chi connectivity index (χ1v) is 5.70. The predicted octanol–water partition coefficient (Wildman–Crippen LogP) is 3.55. The van der Waals surface area contributed by atoms with E-state index in [2.05, 4.69) is 5.32 Å². The second-order valence-corrected chi connectivity index (χ2v) is 4.28. The van der Waals surface area contributed by atoms with Gasteiger partial charge in [0.15, 0.2) is 11.6 Å². The fourth-order valence-corrected chi connectivity index (χ4v) is 1.79. The van der Waals surface area contributed by atoms with E-state index in [1.54, 1.807) is 6.92 Å². The summed E-state index contributed by atoms with van der Waals surface area (Å²) in [6, 6.07) is 7.39. The lowest BCUT2D eigenvalue weighted by molar-refractivity contribution is 0.448. The number of nitrogens with one attached hydrogen (secondary N) is 1. The summed E-state index contributed by atoms with van der Waals surface area (Å²) in [5.74, 6) is -1.97. The van der Waals surface area contributed by atoms with Crippen LogP contribution in [0.5, 0.6) is 11.5 Å². The van der Waals surface area contributed by atoms with Crippen molar-refractivity contribution in [3.63, 3.8) is 0 Å². The summed E-state index contributed by atoms with van der Waals surface area (Å²) in [6.07, 6.45) is 0. The molecule has 0 radical (unpaired) electrons. The number of phenols is 2. The quantitative estimate of drug-likeness (QED) is 0.795. The van der Waals surface area contributed by atoms with E-state index in [4.69, 9.17) is 0 Å². The van der Waals surface area contributed by atoms with Crippen LogP contribution in [-0.2, 0) is 0 Å². The molecule has 1 unspecified atom stereocenters. The maximum absolute atomic E-state index is 13.1. The van der Waals surface area contributed by atoms with Crippen LogP contribution in [0.15, 0.2) is 36.4 Å². The summed E-state index contributed by atoms with van der Waals surface area (Å²) >= 11 is 0. The van der Waals surface area contributed by atoms with Crippen LogP contribution >= 0.6 is 0 Å². The number of hydrogen-bond donors (Lipinski definition) is 3. The first-order valence-electron chi connectivity index (χ1n) is 5.70. The molecule has 0 aliphatic heterocycles. The highest BCUT2D eigenvalue weighted by molar-refractivity contribution is 5.47. The van der Waals surface area contributed by atoms with E-state index < -0.39 is 11.6 Å². The van der Waals surface area contributed by atoms with Gasteiger partial charge in [0.2, 0.25) is 0 Å². The Kier molecular flexibility index (Phi) is 3.55. The van der Waals surface area contributed by atoms with Gasteiger partial charge >= 0.3 is 0 Å². The van der Waals surface area contributed by atoms with Gasteiger partial charge in [0.05, 0.1) is 0 Å². The zero-order chi connectivity index (χ0) is 14.0. The van der Waals surface area contributed by atoms with E-state index in [1.165, 1.54) is 24.3 Å². The Morgan fingerprint density at radius 1 is 0.947 bits per heavy atom. The molecule has 0 aliphatic rings. The number of benzene rings is 2. The molecule has 0 saturated heterocycles. The monoisotopic (exact) mass is 265 g/mol. The second kappa shape index (κ2) is 5.14. The highest BCUT2D eigenvalue weighted by Crippen LogP contribution is 2.27. The molecule has 0 amide bonds. The average molecular weight is 265 g/mol. The molecule has 3 nitrogen and oxygen atoms in total. The van der Waals surface area contributed by atoms with Gasteiger partial charge in [-0.3, -0.25) is 0 Å². The van der Waals surface area contributed by atoms with Gasteiger partial charge in [0, 0.05) is 23.9 Å². The number of rotatable bonds is 3. The third-order valence-corrected chi connectivity index (χ3v) is 2.73. The van der Waals surface area contributed by atoms with Gasteiger partial charge in [-0.25, -0.2) is 8.78 Å². The van der Waals surface area contributed by atoms with E-state index >= 15 is 0 Å². The Bertz CT molecular complexity index is 582. The van der Waals surface area contributed by atoms with Crippen LogP contribution in [-0.4, -0.2) is 10.2 Å². The van der Waals surface area contributed by atoms with Gasteiger partial charge < -0.3 is 15.5 Å². The first kappa shape index (κ1) is 13.1. The minimum Gasteiger partial charge on any atom is -0.508 e. The van der Waals surface area contributed by atoms with Gasteiger partial charge in [-0.1, -0.05) is 0 Å². The van der Waals surface area contributed by atoms with Crippen LogP contribution in [0.25, 0.3) is 0 Å². The third-order valence-electron chi connectivity index (χ3n) is 2.73. The van der Waals surface area contributed by atoms with Crippen LogP contribution in [0, 0.1) is 11.6 Å². The third kappa shape index (κ3) is 3.13. The van der Waals surface area contributed by atoms with Crippen molar-refractivity contribution in [2.75, 3.05) is 5.32 Å². The Hall–Kier alpha value is -2.30. The van der Waals surface area contributed by atoms with Crippen LogP contribution in [0.3, 0.4) is 0 Å². The molecule has 0 aromatic heterocycles. The molecule has 5 heteroatoms. The van der Waals surface area contributed by atoms with Crippen molar-refractivity contribution in [2.45, 2.75) is 13.0 Å². The molecule has 3 N–H and O–H groups in total. The Balaban J connectivity index is 2.20. The lowest BCUT2D eigenvalue weighted by Gasteiger charge is -2.16. The summed E-state index contributed by atoms with van der Waals surface area (Å²) < 4.78 is 25.9. The topological polar surface area (TPSA) is 52.5 Å². The van der Waals surface area contributed by atoms with Crippen LogP contribution in [0.4, 0.5) is 14.5 Å². The smallest absolute Gasteiger partial charge is 0.160 e. The highest BCUT2D eigenvalue weighted by atomic mass is 19.2. The molecule has 19 heavy (non-hydrogen) atoms. The minimum atomic E-state index is -0.934. The summed E-state index contributed by atoms with van der Waals surface area (Å²) in [4.78, 5) is 0. The predicted molar refractivity (Wildman–Crippen MR) is 68.2 cm³/mol. The molecule has 0 fully saturated rings. The SMILES string of the molecule is CC(Nc1ccc(F)c(F)c1)c1cc(O)cc(O)c1. The van der Waals surface area contributed by atoms with Crippen molar-refractivity contribution >= 4 is 5.69 Å². The number of halogens is 2. The van der Waals surface area contributed by atoms with Crippen LogP contribution < -0.4 is 5.32 Å². The summed E-state index contributed by atoms with van der Waals surface area (Å²) in [6.45, 7) is 1.77. The first-order chi connectivity index (χ1) is 8.95. The number of hydrogen-bond acceptors (Lipinski definition) is 3. The maximum atomic E-state index is 13.1. The fraction of sp³-hybridized carbons (Fsp3) is 0.143. The van der Waals surface area contributed by atoms with E-state index in [1.807, 2.05) is 0 Å². The Morgan fingerprint density at radius 3 is 2.16 bits per heavy atom. The van der Waals surface area contributed by atoms with Crippen molar-refractivity contribution in [1.29, 1.82) is 0 Å². The van der Waals surface area contributed by atoms with E-state index in [0.717, 1.165) is 12.1 Å². The molecule has 0 heterocycles. The molecule has 0 saturated carbocycles. The van der Waals surface area contributed by atoms with E-state index in [9.17, 15) is 19.0 Å². The van der Waals surface area contributed by atoms with Crippen molar-refractivity contribution in [3.8, 4) is 11.5 Å². The zero-order valence-electron chi connectivity index (χ0n) is 10.2. The standard InChI is InChI=1S/C14H13F2NO2/c1-8(9-4-11(18)7-12(19)5-9)17-10-2-3-13(15)14(16)6-10/h2-8,17-19H,1H3. The van der Waals surface area contributed by atoms with E-state index in [0.29, 0.717) is 11.3 Å². The zero-order valence-corrected chi connectivity index (χ0v) is 10.2. The summed E-state index contributed by atoms with van der Waals surface area (Å²) in [5.41, 5.74) is 1.04. The molecule has 2 aromatic rings. The molecule has 2 aromatic carbocycles. The molecule has 100 valence electrons. The molecule has 2 rings (SSSR count). The Morgan fingerprint density at radius 2 is 1.58 bits per heavy atom. The summed E-state index contributed by atoms with van der Waals surface area (Å²) in [5, 5.41) is 21.7. The van der Waals surface area contributed by atoms with Gasteiger partial charge in [-0.2, -0.15) is 0 Å². The van der Waals surface area contributed by atoms with Gasteiger partial charge in [-0.05, 0) is 36.8 Å². The van der Waals surface area contributed by atoms with Crippen molar-refractivity contribution in [2.24, 2.45) is 0 Å². The fourth-order valence-electron chi connectivity index (χ4n) is 1.79. The molecule has 0 aliphatic carbocycles. The van der Waals surface area contributed by atoms with E-state index in [-0.39, 0.29) is 17.5 Å². The van der Waals surface area contributed by atoms with Gasteiger partial charge in [0.25, 0.3) is 0 Å². The van der Waals surface area contributed by atoms with Gasteiger partial charge in [-0.15, -0.1) is 0 Å². The number of phenolic OH excluding ortho intramolecular Hbond substituents is 2. The number of anilines is 1. The molecule has 0 spiro atoms. The highest BCUT2D eigenvalue weighted by Gasteiger charge is 2.09. The van der Waals surface area contributed by atoms with Crippen LogP contribution in [0.1, 0.15) is 18.5 Å². The Labute approximate surface area is 109 Å². The lowest BCUT2D eigenvalue weighted by atomic mass is 10.1. The maximum Gasteiger partial charge on any atom is 0.160 e. The normalized spacial score (nSPS) is 12.2. The van der Waals surface area contributed by atoms with Gasteiger partial charge in [0.1, 0.15) is 11.5 Å². The largest absolute Gasteiger partial charge is 0.508 e. The average Bonchev–Trinajstić information content (AvgIpc) is 2.32. The summed E-state index contributed by atoms with van der Waals surface area (Å²) in [7, 11) is 0. The van der Waals surface area contributed by atoms with Crippen molar-refractivity contribution < 1.29 is 19.0 Å². The second-order valence-electron chi connectivity index (χ2n) is 4.28. The lowest BCUT2D eigenvalue weighted by Crippen LogP contribution is -2.06. The molecule has 0 bridgehead atoms. The molecular weight excluding hydrogens is 252 g/mol. The molecular formula is C14H13F2NO2. The van der Waals surface area contributed by atoms with Crippen molar-refractivity contribution in [1.82, 2.24) is 0 Å². The van der Waals surface area contributed by atoms with Crippen molar-refractivity contribution in [3.05, 3.63) is 53.6 Å².